The van der Waals surface area contributed by atoms with Crippen LogP contribution in [0.4, 0.5) is 0 Å². The number of para-hydroxylation sites is 1. The van der Waals surface area contributed by atoms with Crippen molar-refractivity contribution in [2.24, 2.45) is 0 Å². The Hall–Kier alpha value is -1.10. The second-order valence-corrected chi connectivity index (χ2v) is 5.77. The van der Waals surface area contributed by atoms with Gasteiger partial charge in [0.25, 0.3) is 0 Å². The van der Waals surface area contributed by atoms with Crippen molar-refractivity contribution in [3.05, 3.63) is 29.8 Å². The molecule has 1 saturated heterocycles. The molecule has 0 amide bonds. The number of rotatable bonds is 6. The molecule has 4 heteroatoms. The molecule has 4 nitrogen and oxygen atoms in total. The van der Waals surface area contributed by atoms with Crippen molar-refractivity contribution in [3.63, 3.8) is 0 Å². The number of hydrogen-bond donors (Lipinski definition) is 1. The molecule has 0 aromatic heterocycles. The van der Waals surface area contributed by atoms with Gasteiger partial charge in [0.15, 0.2) is 0 Å². The largest absolute Gasteiger partial charge is 0.496 e. The Bertz CT molecular complexity index is 428. The SMILES string of the molecule is CNC(COC1CC(C)OC(C)C1)c1ccccc1OC. The van der Waals surface area contributed by atoms with Gasteiger partial charge in [-0.1, -0.05) is 18.2 Å². The van der Waals surface area contributed by atoms with E-state index in [1.165, 1.54) is 0 Å². The van der Waals surface area contributed by atoms with E-state index in [4.69, 9.17) is 14.2 Å². The summed E-state index contributed by atoms with van der Waals surface area (Å²) >= 11 is 0. The zero-order valence-corrected chi connectivity index (χ0v) is 13.5. The summed E-state index contributed by atoms with van der Waals surface area (Å²) < 4.78 is 17.3. The van der Waals surface area contributed by atoms with Crippen molar-refractivity contribution in [1.82, 2.24) is 5.32 Å². The predicted molar refractivity (Wildman–Crippen MR) is 83.8 cm³/mol. The lowest BCUT2D eigenvalue weighted by molar-refractivity contribution is -0.104. The molecule has 21 heavy (non-hydrogen) atoms. The van der Waals surface area contributed by atoms with Gasteiger partial charge >= 0.3 is 0 Å². The summed E-state index contributed by atoms with van der Waals surface area (Å²) in [5, 5.41) is 3.32. The molecule has 1 aromatic carbocycles. The smallest absolute Gasteiger partial charge is 0.123 e. The average Bonchev–Trinajstić information content (AvgIpc) is 2.47. The minimum absolute atomic E-state index is 0.134. The van der Waals surface area contributed by atoms with Gasteiger partial charge in [-0.3, -0.25) is 0 Å². The molecule has 1 aliphatic rings. The van der Waals surface area contributed by atoms with Crippen LogP contribution < -0.4 is 10.1 Å². The Morgan fingerprint density at radius 3 is 2.52 bits per heavy atom. The number of nitrogens with one attached hydrogen (secondary N) is 1. The standard InChI is InChI=1S/C17H27NO3/c1-12-9-14(10-13(2)21-12)20-11-16(18-3)15-7-5-6-8-17(15)19-4/h5-8,12-14,16,18H,9-11H2,1-4H3. The van der Waals surface area contributed by atoms with Crippen LogP contribution in [0.2, 0.25) is 0 Å². The molecule has 0 spiro atoms. The number of methoxy groups -OCH3 is 1. The summed E-state index contributed by atoms with van der Waals surface area (Å²) in [6.45, 7) is 4.87. The first kappa shape index (κ1) is 16.3. The quantitative estimate of drug-likeness (QED) is 0.875. The van der Waals surface area contributed by atoms with Crippen LogP contribution in [0, 0.1) is 0 Å². The lowest BCUT2D eigenvalue weighted by atomic mass is 10.0. The first-order chi connectivity index (χ1) is 10.1. The van der Waals surface area contributed by atoms with Crippen LogP contribution in [0.1, 0.15) is 38.3 Å². The maximum Gasteiger partial charge on any atom is 0.123 e. The molecule has 2 rings (SSSR count). The van der Waals surface area contributed by atoms with E-state index >= 15 is 0 Å². The van der Waals surface area contributed by atoms with E-state index in [9.17, 15) is 0 Å². The maximum atomic E-state index is 6.13. The molecule has 1 heterocycles. The molecule has 1 aliphatic heterocycles. The number of benzene rings is 1. The van der Waals surface area contributed by atoms with Crippen LogP contribution in [0.3, 0.4) is 0 Å². The Balaban J connectivity index is 1.96. The minimum atomic E-state index is 0.134. The minimum Gasteiger partial charge on any atom is -0.496 e. The molecular formula is C17H27NO3. The van der Waals surface area contributed by atoms with Gasteiger partial charge in [-0.15, -0.1) is 0 Å². The second kappa shape index (κ2) is 7.78. The predicted octanol–water partition coefficient (Wildman–Crippen LogP) is 2.93. The van der Waals surface area contributed by atoms with Gasteiger partial charge < -0.3 is 19.5 Å². The van der Waals surface area contributed by atoms with E-state index in [0.29, 0.717) is 6.61 Å². The zero-order valence-electron chi connectivity index (χ0n) is 13.5. The fourth-order valence-electron chi connectivity index (χ4n) is 3.00. The van der Waals surface area contributed by atoms with Crippen molar-refractivity contribution >= 4 is 0 Å². The van der Waals surface area contributed by atoms with E-state index in [0.717, 1.165) is 24.2 Å². The molecule has 3 unspecified atom stereocenters. The fraction of sp³-hybridized carbons (Fsp3) is 0.647. The molecular weight excluding hydrogens is 266 g/mol. The normalized spacial score (nSPS) is 27.3. The monoisotopic (exact) mass is 293 g/mol. The number of hydrogen-bond acceptors (Lipinski definition) is 4. The van der Waals surface area contributed by atoms with Crippen molar-refractivity contribution in [2.75, 3.05) is 20.8 Å². The van der Waals surface area contributed by atoms with E-state index in [1.54, 1.807) is 7.11 Å². The second-order valence-electron chi connectivity index (χ2n) is 5.77. The lowest BCUT2D eigenvalue weighted by Crippen LogP contribution is -2.35. The third kappa shape index (κ3) is 4.43. The Morgan fingerprint density at radius 1 is 1.24 bits per heavy atom. The molecule has 3 atom stereocenters. The summed E-state index contributed by atoms with van der Waals surface area (Å²) in [6.07, 6.45) is 2.75. The fourth-order valence-corrected chi connectivity index (χ4v) is 3.00. The van der Waals surface area contributed by atoms with Crippen LogP contribution in [0.25, 0.3) is 0 Å². The van der Waals surface area contributed by atoms with Gasteiger partial charge in [-0.05, 0) is 39.8 Å². The average molecular weight is 293 g/mol. The molecule has 1 fully saturated rings. The van der Waals surface area contributed by atoms with Gasteiger partial charge in [0.1, 0.15) is 5.75 Å². The molecule has 1 aromatic rings. The zero-order chi connectivity index (χ0) is 15.2. The number of likely N-dealkylation sites (N-methyl/N-ethyl adjacent to an activating group) is 1. The summed E-state index contributed by atoms with van der Waals surface area (Å²) in [5.41, 5.74) is 1.13. The number of ether oxygens (including phenoxy) is 3. The third-order valence-electron chi connectivity index (χ3n) is 4.02. The van der Waals surface area contributed by atoms with Crippen LogP contribution in [-0.4, -0.2) is 39.1 Å². The van der Waals surface area contributed by atoms with Gasteiger partial charge in [0, 0.05) is 5.56 Å². The van der Waals surface area contributed by atoms with Gasteiger partial charge in [-0.25, -0.2) is 0 Å². The van der Waals surface area contributed by atoms with Crippen molar-refractivity contribution in [1.29, 1.82) is 0 Å². The van der Waals surface area contributed by atoms with Crippen LogP contribution in [0.5, 0.6) is 5.75 Å². The van der Waals surface area contributed by atoms with E-state index in [2.05, 4.69) is 25.2 Å². The molecule has 0 saturated carbocycles. The Labute approximate surface area is 127 Å². The van der Waals surface area contributed by atoms with Crippen molar-refractivity contribution < 1.29 is 14.2 Å². The van der Waals surface area contributed by atoms with Crippen LogP contribution in [0.15, 0.2) is 24.3 Å². The maximum absolute atomic E-state index is 6.13. The van der Waals surface area contributed by atoms with Gasteiger partial charge in [0.2, 0.25) is 0 Å². The molecule has 0 bridgehead atoms. The van der Waals surface area contributed by atoms with E-state index < -0.39 is 0 Å². The van der Waals surface area contributed by atoms with Crippen molar-refractivity contribution in [3.8, 4) is 5.75 Å². The Morgan fingerprint density at radius 2 is 1.90 bits per heavy atom. The molecule has 0 radical (unpaired) electrons. The van der Waals surface area contributed by atoms with Gasteiger partial charge in [0.05, 0.1) is 38.1 Å². The summed E-state index contributed by atoms with van der Waals surface area (Å²) in [7, 11) is 3.66. The third-order valence-corrected chi connectivity index (χ3v) is 4.02. The summed E-state index contributed by atoms with van der Waals surface area (Å²) in [6, 6.07) is 8.21. The first-order valence-corrected chi connectivity index (χ1v) is 7.71. The summed E-state index contributed by atoms with van der Waals surface area (Å²) in [5.74, 6) is 0.897. The van der Waals surface area contributed by atoms with Crippen molar-refractivity contribution in [2.45, 2.75) is 51.0 Å². The Kier molecular flexibility index (Phi) is 6.03. The van der Waals surface area contributed by atoms with Crippen LogP contribution >= 0.6 is 0 Å². The highest BCUT2D eigenvalue weighted by Gasteiger charge is 2.26. The van der Waals surface area contributed by atoms with Gasteiger partial charge in [-0.2, -0.15) is 0 Å². The molecule has 1 N–H and O–H groups in total. The van der Waals surface area contributed by atoms with Crippen LogP contribution in [-0.2, 0) is 9.47 Å². The van der Waals surface area contributed by atoms with E-state index in [-0.39, 0.29) is 24.4 Å². The lowest BCUT2D eigenvalue weighted by Gasteiger charge is -2.33. The molecule has 0 aliphatic carbocycles. The highest BCUT2D eigenvalue weighted by molar-refractivity contribution is 5.35. The summed E-state index contributed by atoms with van der Waals surface area (Å²) in [4.78, 5) is 0. The first-order valence-electron chi connectivity index (χ1n) is 7.71. The van der Waals surface area contributed by atoms with E-state index in [1.807, 2.05) is 25.2 Å². The highest BCUT2D eigenvalue weighted by atomic mass is 16.5. The topological polar surface area (TPSA) is 39.7 Å². The molecule has 118 valence electrons. The highest BCUT2D eigenvalue weighted by Crippen LogP contribution is 2.27.